The molecule has 2 aliphatic heterocycles. The first-order chi connectivity index (χ1) is 18.9. The van der Waals surface area contributed by atoms with Crippen LogP contribution in [0, 0.1) is 6.92 Å². The minimum atomic E-state index is -1.07. The summed E-state index contributed by atoms with van der Waals surface area (Å²) in [6.07, 6.45) is 2.52. The number of hydrogen-bond donors (Lipinski definition) is 3. The van der Waals surface area contributed by atoms with Gasteiger partial charge in [0.05, 0.1) is 29.6 Å². The molecule has 14 heteroatoms. The Labute approximate surface area is 226 Å². The Hall–Kier alpha value is -4.30. The van der Waals surface area contributed by atoms with E-state index in [1.54, 1.807) is 12.3 Å². The zero-order chi connectivity index (χ0) is 26.9. The Morgan fingerprint density at radius 3 is 2.77 bits per heavy atom. The minimum absolute atomic E-state index is 0.121. The highest BCUT2D eigenvalue weighted by Gasteiger charge is 2.29. The number of amides is 2. The lowest BCUT2D eigenvalue weighted by Gasteiger charge is -2.25. The summed E-state index contributed by atoms with van der Waals surface area (Å²) in [4.78, 5) is 46.7. The van der Waals surface area contributed by atoms with Gasteiger partial charge >= 0.3 is 6.09 Å². The number of ether oxygens (including phenoxy) is 1. The predicted octanol–water partition coefficient (Wildman–Crippen LogP) is 2.98. The van der Waals surface area contributed by atoms with Gasteiger partial charge < -0.3 is 34.7 Å². The van der Waals surface area contributed by atoms with E-state index in [9.17, 15) is 9.59 Å². The first kappa shape index (κ1) is 25.0. The third-order valence-electron chi connectivity index (χ3n) is 6.58. The average Bonchev–Trinajstić information content (AvgIpc) is 3.68. The van der Waals surface area contributed by atoms with Crippen molar-refractivity contribution in [1.29, 1.82) is 0 Å². The maximum atomic E-state index is 13.3. The van der Waals surface area contributed by atoms with Crippen LogP contribution >= 0.6 is 11.3 Å². The Kier molecular flexibility index (Phi) is 6.70. The number of carboxylic acid groups (broad SMARTS) is 1. The quantitative estimate of drug-likeness (QED) is 0.324. The molecule has 202 valence electrons. The summed E-state index contributed by atoms with van der Waals surface area (Å²) in [6.45, 7) is 5.63. The van der Waals surface area contributed by atoms with Crippen molar-refractivity contribution in [3.8, 4) is 11.5 Å². The van der Waals surface area contributed by atoms with Crippen LogP contribution in [0.15, 0.2) is 35.1 Å². The van der Waals surface area contributed by atoms with Crippen LogP contribution in [0.2, 0.25) is 0 Å². The summed E-state index contributed by atoms with van der Waals surface area (Å²) in [6, 6.07) is 5.21. The molecule has 0 aliphatic carbocycles. The van der Waals surface area contributed by atoms with Crippen molar-refractivity contribution in [2.45, 2.75) is 19.4 Å². The average molecular weight is 551 g/mol. The van der Waals surface area contributed by atoms with Crippen molar-refractivity contribution in [2.24, 2.45) is 0 Å². The van der Waals surface area contributed by atoms with Crippen LogP contribution in [-0.4, -0.2) is 82.5 Å². The zero-order valence-corrected chi connectivity index (χ0v) is 21.9. The maximum absolute atomic E-state index is 13.3. The summed E-state index contributed by atoms with van der Waals surface area (Å²) >= 11 is 1.50. The molecule has 4 aromatic rings. The number of morpholine rings is 1. The first-order valence-electron chi connectivity index (χ1n) is 12.5. The van der Waals surface area contributed by atoms with Gasteiger partial charge in [0, 0.05) is 43.6 Å². The number of nitrogens with zero attached hydrogens (tertiary/aromatic N) is 6. The number of anilines is 3. The van der Waals surface area contributed by atoms with Crippen LogP contribution in [-0.2, 0) is 4.74 Å². The molecule has 0 saturated carbocycles. The van der Waals surface area contributed by atoms with Gasteiger partial charge in [-0.3, -0.25) is 9.78 Å². The van der Waals surface area contributed by atoms with E-state index in [-0.39, 0.29) is 11.7 Å². The number of aromatic nitrogens is 4. The minimum Gasteiger partial charge on any atom is -0.465 e. The van der Waals surface area contributed by atoms with Gasteiger partial charge in [-0.15, -0.1) is 0 Å². The molecule has 2 saturated heterocycles. The molecule has 4 aromatic heterocycles. The Bertz CT molecular complexity index is 1530. The number of nitrogens with one attached hydrogen (secondary N) is 2. The molecule has 0 spiro atoms. The molecule has 1 atom stereocenters. The van der Waals surface area contributed by atoms with Crippen LogP contribution in [0.4, 0.5) is 21.4 Å². The van der Waals surface area contributed by atoms with E-state index in [4.69, 9.17) is 24.2 Å². The molecular formula is C25H26N8O5S. The Morgan fingerprint density at radius 1 is 1.13 bits per heavy atom. The van der Waals surface area contributed by atoms with Crippen molar-refractivity contribution in [1.82, 2.24) is 25.3 Å². The molecule has 13 nitrogen and oxygen atoms in total. The standard InChI is InChI=1S/C25H26N8O5S/c1-14-10-15(2-4-26-14)23-29-18(13-38-23)22(34)28-17-11-19-20(31-24(39-19)32-6-8-37-9-7-32)30-21(17)33-5-3-16(12-33)27-25(35)36/h2,4,10-11,13,16,27H,3,5-9,12H2,1H3,(H,28,34)(H,35,36). The molecule has 2 amide bonds. The molecule has 1 unspecified atom stereocenters. The lowest BCUT2D eigenvalue weighted by Crippen LogP contribution is -2.36. The SMILES string of the molecule is Cc1cc(-c2nc(C(=O)Nc3cc4sc(N5CCOCC5)nc4nc3N3CCC(NC(=O)O)C3)co2)ccn1. The monoisotopic (exact) mass is 550 g/mol. The summed E-state index contributed by atoms with van der Waals surface area (Å²) in [5.74, 6) is 0.396. The van der Waals surface area contributed by atoms with Gasteiger partial charge in [0.1, 0.15) is 6.26 Å². The highest BCUT2D eigenvalue weighted by Crippen LogP contribution is 2.36. The Balaban J connectivity index is 1.31. The summed E-state index contributed by atoms with van der Waals surface area (Å²) in [5, 5.41) is 15.5. The second kappa shape index (κ2) is 10.5. The molecule has 2 fully saturated rings. The van der Waals surface area contributed by atoms with Crippen molar-refractivity contribution in [3.63, 3.8) is 0 Å². The number of aryl methyl sites for hydroxylation is 1. The Morgan fingerprint density at radius 2 is 1.97 bits per heavy atom. The highest BCUT2D eigenvalue weighted by atomic mass is 32.1. The van der Waals surface area contributed by atoms with Crippen molar-refractivity contribution >= 4 is 50.3 Å². The number of carbonyl (C=O) groups is 2. The number of oxazole rings is 1. The predicted molar refractivity (Wildman–Crippen MR) is 145 cm³/mol. The van der Waals surface area contributed by atoms with Gasteiger partial charge in [-0.25, -0.2) is 14.8 Å². The molecule has 3 N–H and O–H groups in total. The number of carbonyl (C=O) groups excluding carboxylic acids is 1. The normalized spacial score (nSPS) is 17.5. The summed E-state index contributed by atoms with van der Waals surface area (Å²) in [7, 11) is 0. The third kappa shape index (κ3) is 5.33. The number of thiazole rings is 1. The molecular weight excluding hydrogens is 524 g/mol. The van der Waals surface area contributed by atoms with Crippen molar-refractivity contribution < 1.29 is 23.8 Å². The summed E-state index contributed by atoms with van der Waals surface area (Å²) in [5.41, 5.74) is 2.71. The van der Waals surface area contributed by atoms with Gasteiger partial charge in [-0.2, -0.15) is 4.98 Å². The van der Waals surface area contributed by atoms with Gasteiger partial charge in [0.25, 0.3) is 5.91 Å². The number of pyridine rings is 2. The molecule has 6 heterocycles. The van der Waals surface area contributed by atoms with E-state index in [0.29, 0.717) is 55.8 Å². The van der Waals surface area contributed by atoms with E-state index in [1.807, 2.05) is 24.0 Å². The van der Waals surface area contributed by atoms with E-state index in [0.717, 1.165) is 34.2 Å². The number of hydrogen-bond acceptors (Lipinski definition) is 11. The van der Waals surface area contributed by atoms with Gasteiger partial charge in [-0.05, 0) is 31.5 Å². The lowest BCUT2D eigenvalue weighted by molar-refractivity contribution is 0.102. The lowest BCUT2D eigenvalue weighted by atomic mass is 10.2. The molecule has 6 rings (SSSR count). The highest BCUT2D eigenvalue weighted by molar-refractivity contribution is 7.22. The molecule has 0 radical (unpaired) electrons. The molecule has 39 heavy (non-hydrogen) atoms. The molecule has 0 bridgehead atoms. The molecule has 0 aromatic carbocycles. The van der Waals surface area contributed by atoms with Crippen molar-refractivity contribution in [2.75, 3.05) is 54.5 Å². The fraction of sp³-hybridized carbons (Fsp3) is 0.360. The van der Waals surface area contributed by atoms with Gasteiger partial charge in [0.15, 0.2) is 22.3 Å². The fourth-order valence-electron chi connectivity index (χ4n) is 4.69. The second-order valence-electron chi connectivity index (χ2n) is 9.34. The fourth-order valence-corrected chi connectivity index (χ4v) is 5.69. The topological polar surface area (TPSA) is 159 Å². The maximum Gasteiger partial charge on any atom is 0.404 e. The van der Waals surface area contributed by atoms with Crippen LogP contribution in [0.25, 0.3) is 21.8 Å². The van der Waals surface area contributed by atoms with Gasteiger partial charge in [0.2, 0.25) is 5.89 Å². The summed E-state index contributed by atoms with van der Waals surface area (Å²) < 4.78 is 11.9. The smallest absolute Gasteiger partial charge is 0.404 e. The van der Waals surface area contributed by atoms with Crippen LogP contribution < -0.4 is 20.4 Å². The third-order valence-corrected chi connectivity index (χ3v) is 7.63. The van der Waals surface area contributed by atoms with Gasteiger partial charge in [-0.1, -0.05) is 11.3 Å². The largest absolute Gasteiger partial charge is 0.465 e. The van der Waals surface area contributed by atoms with E-state index >= 15 is 0 Å². The van der Waals surface area contributed by atoms with E-state index in [2.05, 4.69) is 25.5 Å². The number of rotatable bonds is 6. The molecule has 2 aliphatic rings. The van der Waals surface area contributed by atoms with E-state index in [1.165, 1.54) is 17.6 Å². The van der Waals surface area contributed by atoms with Crippen molar-refractivity contribution in [3.05, 3.63) is 42.0 Å². The zero-order valence-electron chi connectivity index (χ0n) is 21.1. The van der Waals surface area contributed by atoms with Crippen LogP contribution in [0.1, 0.15) is 22.6 Å². The van der Waals surface area contributed by atoms with Crippen LogP contribution in [0.3, 0.4) is 0 Å². The second-order valence-corrected chi connectivity index (χ2v) is 10.3. The van der Waals surface area contributed by atoms with Crippen LogP contribution in [0.5, 0.6) is 0 Å². The number of fused-ring (bicyclic) bond motifs is 1. The first-order valence-corrected chi connectivity index (χ1v) is 13.3. The van der Waals surface area contributed by atoms with E-state index < -0.39 is 12.0 Å².